The molecule has 0 saturated heterocycles. The van der Waals surface area contributed by atoms with Crippen LogP contribution in [0, 0.1) is 13.8 Å². The second-order valence-electron chi connectivity index (χ2n) is 6.54. The van der Waals surface area contributed by atoms with Gasteiger partial charge in [0.05, 0.1) is 0 Å². The molecule has 0 amide bonds. The van der Waals surface area contributed by atoms with Crippen LogP contribution >= 0.6 is 0 Å². The maximum Gasteiger partial charge on any atom is 0.233 e. The van der Waals surface area contributed by atoms with Crippen molar-refractivity contribution in [2.45, 2.75) is 52.0 Å². The van der Waals surface area contributed by atoms with E-state index >= 15 is 0 Å². The summed E-state index contributed by atoms with van der Waals surface area (Å²) in [6.45, 7) is 4.17. The van der Waals surface area contributed by atoms with Crippen LogP contribution in [0.1, 0.15) is 43.2 Å². The molecule has 1 heterocycles. The quantitative estimate of drug-likeness (QED) is 0.770. The third-order valence-corrected chi connectivity index (χ3v) is 4.28. The first-order valence-corrected chi connectivity index (χ1v) is 8.68. The molecule has 1 aromatic carbocycles. The number of nitrogens with one attached hydrogen (secondary N) is 3. The van der Waals surface area contributed by atoms with Gasteiger partial charge in [0.25, 0.3) is 0 Å². The van der Waals surface area contributed by atoms with Crippen LogP contribution in [0.15, 0.2) is 18.2 Å². The van der Waals surface area contributed by atoms with Gasteiger partial charge in [-0.05, 0) is 49.9 Å². The Morgan fingerprint density at radius 3 is 2.12 bits per heavy atom. The SMILES string of the molecule is CNc1nc(Nc2cc(C)cc(C)c2)nc(NC2CCCCC2)n1. The van der Waals surface area contributed by atoms with Crippen LogP contribution in [0.4, 0.5) is 23.5 Å². The fraction of sp³-hybridized carbons (Fsp3) is 0.500. The zero-order valence-corrected chi connectivity index (χ0v) is 14.7. The predicted octanol–water partition coefficient (Wildman–Crippen LogP) is 4.02. The average molecular weight is 326 g/mol. The molecule has 1 aliphatic carbocycles. The van der Waals surface area contributed by atoms with Crippen molar-refractivity contribution < 1.29 is 0 Å². The molecular weight excluding hydrogens is 300 g/mol. The summed E-state index contributed by atoms with van der Waals surface area (Å²) in [4.78, 5) is 13.4. The van der Waals surface area contributed by atoms with Gasteiger partial charge in [-0.1, -0.05) is 25.3 Å². The Hall–Kier alpha value is -2.37. The van der Waals surface area contributed by atoms with Crippen molar-refractivity contribution in [3.8, 4) is 0 Å². The highest BCUT2D eigenvalue weighted by Crippen LogP contribution is 2.22. The van der Waals surface area contributed by atoms with Crippen LogP contribution in [0.3, 0.4) is 0 Å². The Bertz CT molecular complexity index is 674. The molecular formula is C18H26N6. The molecule has 0 spiro atoms. The van der Waals surface area contributed by atoms with E-state index in [-0.39, 0.29) is 0 Å². The lowest BCUT2D eigenvalue weighted by molar-refractivity contribution is 0.461. The Kier molecular flexibility index (Phi) is 5.13. The number of hydrogen-bond donors (Lipinski definition) is 3. The summed E-state index contributed by atoms with van der Waals surface area (Å²) in [6, 6.07) is 6.78. The molecule has 6 heteroatoms. The molecule has 1 aromatic heterocycles. The largest absolute Gasteiger partial charge is 0.357 e. The van der Waals surface area contributed by atoms with Crippen LogP contribution in [-0.4, -0.2) is 28.0 Å². The molecule has 3 N–H and O–H groups in total. The number of aryl methyl sites for hydroxylation is 2. The van der Waals surface area contributed by atoms with Gasteiger partial charge in [0.2, 0.25) is 17.8 Å². The highest BCUT2D eigenvalue weighted by molar-refractivity contribution is 5.57. The van der Waals surface area contributed by atoms with Crippen LogP contribution in [-0.2, 0) is 0 Å². The minimum absolute atomic E-state index is 0.458. The summed E-state index contributed by atoms with van der Waals surface area (Å²) >= 11 is 0. The van der Waals surface area contributed by atoms with E-state index in [1.807, 2.05) is 7.05 Å². The molecule has 24 heavy (non-hydrogen) atoms. The van der Waals surface area contributed by atoms with Gasteiger partial charge in [0, 0.05) is 18.8 Å². The van der Waals surface area contributed by atoms with Gasteiger partial charge in [-0.25, -0.2) is 0 Å². The van der Waals surface area contributed by atoms with E-state index in [4.69, 9.17) is 0 Å². The summed E-state index contributed by atoms with van der Waals surface area (Å²) in [5.41, 5.74) is 3.41. The average Bonchev–Trinajstić information content (AvgIpc) is 2.54. The molecule has 1 fully saturated rings. The first kappa shape index (κ1) is 16.5. The lowest BCUT2D eigenvalue weighted by atomic mass is 9.96. The molecule has 6 nitrogen and oxygen atoms in total. The Labute approximate surface area is 143 Å². The number of aromatic nitrogens is 3. The van der Waals surface area contributed by atoms with Crippen molar-refractivity contribution in [3.05, 3.63) is 29.3 Å². The fourth-order valence-corrected chi connectivity index (χ4v) is 3.21. The van der Waals surface area contributed by atoms with E-state index in [0.29, 0.717) is 23.9 Å². The molecule has 1 aliphatic rings. The zero-order chi connectivity index (χ0) is 16.9. The van der Waals surface area contributed by atoms with Gasteiger partial charge in [-0.2, -0.15) is 15.0 Å². The number of anilines is 4. The van der Waals surface area contributed by atoms with Gasteiger partial charge in [0.15, 0.2) is 0 Å². The molecule has 0 bridgehead atoms. The second-order valence-corrected chi connectivity index (χ2v) is 6.54. The number of rotatable bonds is 5. The van der Waals surface area contributed by atoms with E-state index in [9.17, 15) is 0 Å². The summed E-state index contributed by atoms with van der Waals surface area (Å²) in [5, 5.41) is 9.77. The minimum Gasteiger partial charge on any atom is -0.357 e. The maximum absolute atomic E-state index is 4.55. The molecule has 0 radical (unpaired) electrons. The lowest BCUT2D eigenvalue weighted by Crippen LogP contribution is -2.24. The maximum atomic E-state index is 4.55. The monoisotopic (exact) mass is 326 g/mol. The molecule has 128 valence electrons. The number of nitrogens with zero attached hydrogens (tertiary/aromatic N) is 3. The summed E-state index contributed by atoms with van der Waals surface area (Å²) in [5.74, 6) is 1.75. The van der Waals surface area contributed by atoms with E-state index in [1.54, 1.807) is 0 Å². The first-order chi connectivity index (χ1) is 11.6. The third-order valence-electron chi connectivity index (χ3n) is 4.28. The fourth-order valence-electron chi connectivity index (χ4n) is 3.21. The van der Waals surface area contributed by atoms with Gasteiger partial charge in [-0.3, -0.25) is 0 Å². The summed E-state index contributed by atoms with van der Waals surface area (Å²) < 4.78 is 0. The minimum atomic E-state index is 0.458. The molecule has 3 rings (SSSR count). The predicted molar refractivity (Wildman–Crippen MR) is 99.1 cm³/mol. The molecule has 2 aromatic rings. The highest BCUT2D eigenvalue weighted by atomic mass is 15.3. The van der Waals surface area contributed by atoms with E-state index in [2.05, 4.69) is 62.9 Å². The molecule has 0 unspecified atom stereocenters. The number of benzene rings is 1. The summed E-state index contributed by atoms with van der Waals surface area (Å²) in [6.07, 6.45) is 6.24. The Morgan fingerprint density at radius 1 is 0.833 bits per heavy atom. The van der Waals surface area contributed by atoms with Crippen molar-refractivity contribution in [2.75, 3.05) is 23.0 Å². The Morgan fingerprint density at radius 2 is 1.46 bits per heavy atom. The van der Waals surface area contributed by atoms with Crippen LogP contribution < -0.4 is 16.0 Å². The highest BCUT2D eigenvalue weighted by Gasteiger charge is 2.15. The van der Waals surface area contributed by atoms with E-state index in [0.717, 1.165) is 5.69 Å². The summed E-state index contributed by atoms with van der Waals surface area (Å²) in [7, 11) is 1.82. The normalized spacial score (nSPS) is 15.1. The second kappa shape index (κ2) is 7.47. The van der Waals surface area contributed by atoms with Gasteiger partial charge < -0.3 is 16.0 Å². The van der Waals surface area contributed by atoms with Crippen molar-refractivity contribution in [2.24, 2.45) is 0 Å². The van der Waals surface area contributed by atoms with Crippen molar-refractivity contribution in [1.29, 1.82) is 0 Å². The van der Waals surface area contributed by atoms with Crippen LogP contribution in [0.2, 0.25) is 0 Å². The number of hydrogen-bond acceptors (Lipinski definition) is 6. The van der Waals surface area contributed by atoms with Gasteiger partial charge in [-0.15, -0.1) is 0 Å². The van der Waals surface area contributed by atoms with Crippen molar-refractivity contribution in [1.82, 2.24) is 15.0 Å². The molecule has 1 saturated carbocycles. The molecule has 0 atom stereocenters. The van der Waals surface area contributed by atoms with E-state index in [1.165, 1.54) is 43.2 Å². The van der Waals surface area contributed by atoms with Crippen LogP contribution in [0.25, 0.3) is 0 Å². The Balaban J connectivity index is 1.80. The smallest absolute Gasteiger partial charge is 0.233 e. The topological polar surface area (TPSA) is 74.8 Å². The van der Waals surface area contributed by atoms with Crippen molar-refractivity contribution in [3.63, 3.8) is 0 Å². The standard InChI is InChI=1S/C18H26N6/c1-12-9-13(2)11-15(10-12)21-18-23-16(19-3)22-17(24-18)20-14-7-5-4-6-8-14/h9-11,14H,4-8H2,1-3H3,(H3,19,20,21,22,23,24). The van der Waals surface area contributed by atoms with Crippen LogP contribution in [0.5, 0.6) is 0 Å². The van der Waals surface area contributed by atoms with Gasteiger partial charge >= 0.3 is 0 Å². The molecule has 0 aliphatic heterocycles. The zero-order valence-electron chi connectivity index (χ0n) is 14.7. The van der Waals surface area contributed by atoms with Crippen molar-refractivity contribution >= 4 is 23.5 Å². The van der Waals surface area contributed by atoms with Gasteiger partial charge in [0.1, 0.15) is 0 Å². The first-order valence-electron chi connectivity index (χ1n) is 8.68. The third kappa shape index (κ3) is 4.34. The van der Waals surface area contributed by atoms with E-state index < -0.39 is 0 Å². The lowest BCUT2D eigenvalue weighted by Gasteiger charge is -2.23.